The zero-order valence-electron chi connectivity index (χ0n) is 19.1. The number of hydrogen-bond acceptors (Lipinski definition) is 4. The number of carbonyl (C=O) groups excluding carboxylic acids is 2. The molecule has 10 heteroatoms. The molecule has 4 aromatic rings. The molecule has 0 saturated heterocycles. The van der Waals surface area contributed by atoms with Crippen molar-refractivity contribution >= 4 is 40.1 Å². The van der Waals surface area contributed by atoms with Crippen LogP contribution < -0.4 is 10.1 Å². The Kier molecular flexibility index (Phi) is 6.94. The van der Waals surface area contributed by atoms with E-state index in [1.165, 1.54) is 19.1 Å². The molecule has 1 amide bonds. The molecule has 0 bridgehead atoms. The van der Waals surface area contributed by atoms with Gasteiger partial charge in [-0.3, -0.25) is 4.79 Å². The van der Waals surface area contributed by atoms with Gasteiger partial charge in [0.1, 0.15) is 17.2 Å². The van der Waals surface area contributed by atoms with Crippen molar-refractivity contribution < 1.29 is 32.2 Å². The molecule has 0 saturated carbocycles. The predicted octanol–water partition coefficient (Wildman–Crippen LogP) is 7.43. The van der Waals surface area contributed by atoms with Gasteiger partial charge in [-0.2, -0.15) is 13.2 Å². The number of anilines is 1. The molecule has 0 fully saturated rings. The summed E-state index contributed by atoms with van der Waals surface area (Å²) in [6, 6.07) is 14.4. The summed E-state index contributed by atoms with van der Waals surface area (Å²) in [5.41, 5.74) is 1.49. The van der Waals surface area contributed by atoms with Gasteiger partial charge in [0.15, 0.2) is 0 Å². The summed E-state index contributed by atoms with van der Waals surface area (Å²) < 4.78 is 50.0. The van der Waals surface area contributed by atoms with Crippen molar-refractivity contribution in [1.82, 2.24) is 4.98 Å². The maximum atomic E-state index is 13.0. The van der Waals surface area contributed by atoms with Crippen molar-refractivity contribution in [3.8, 4) is 22.6 Å². The van der Waals surface area contributed by atoms with Crippen LogP contribution in [-0.4, -0.2) is 23.5 Å². The normalized spacial score (nSPS) is 11.4. The van der Waals surface area contributed by atoms with Crippen molar-refractivity contribution in [2.75, 3.05) is 11.9 Å². The van der Waals surface area contributed by atoms with Crippen molar-refractivity contribution in [2.45, 2.75) is 20.0 Å². The highest BCUT2D eigenvalue weighted by Gasteiger charge is 2.30. The summed E-state index contributed by atoms with van der Waals surface area (Å²) in [6.45, 7) is 3.22. The van der Waals surface area contributed by atoms with Gasteiger partial charge in [-0.25, -0.2) is 4.79 Å². The number of hydrogen-bond donors (Lipinski definition) is 2. The smallest absolute Gasteiger partial charge is 0.416 e. The molecule has 0 spiro atoms. The van der Waals surface area contributed by atoms with Gasteiger partial charge in [-0.1, -0.05) is 23.7 Å². The van der Waals surface area contributed by atoms with Gasteiger partial charge in [0, 0.05) is 29.1 Å². The van der Waals surface area contributed by atoms with Crippen LogP contribution >= 0.6 is 11.6 Å². The van der Waals surface area contributed by atoms with E-state index in [1.54, 1.807) is 43.3 Å². The van der Waals surface area contributed by atoms with E-state index in [0.29, 0.717) is 33.5 Å². The number of nitrogens with one attached hydrogen (secondary N) is 2. The number of fused-ring (bicyclic) bond motifs is 1. The monoisotopic (exact) mass is 516 g/mol. The first kappa shape index (κ1) is 25.1. The first-order valence-electron chi connectivity index (χ1n) is 10.8. The van der Waals surface area contributed by atoms with Crippen molar-refractivity contribution in [3.05, 3.63) is 76.9 Å². The Hall–Kier alpha value is -3.98. The fourth-order valence-electron chi connectivity index (χ4n) is 3.71. The molecule has 1 heterocycles. The zero-order chi connectivity index (χ0) is 26.0. The van der Waals surface area contributed by atoms with E-state index in [-0.39, 0.29) is 29.0 Å². The predicted molar refractivity (Wildman–Crippen MR) is 131 cm³/mol. The fourth-order valence-corrected chi connectivity index (χ4v) is 4.03. The average Bonchev–Trinajstić information content (AvgIpc) is 3.16. The molecule has 6 nitrogen and oxygen atoms in total. The average molecular weight is 517 g/mol. The van der Waals surface area contributed by atoms with Gasteiger partial charge >= 0.3 is 12.1 Å². The van der Waals surface area contributed by atoms with Crippen LogP contribution in [0.15, 0.2) is 60.7 Å². The number of amides is 1. The minimum absolute atomic E-state index is 0.0660. The summed E-state index contributed by atoms with van der Waals surface area (Å²) in [4.78, 5) is 26.8. The summed E-state index contributed by atoms with van der Waals surface area (Å²) in [5, 5.41) is 3.26. The van der Waals surface area contributed by atoms with E-state index in [9.17, 15) is 22.8 Å². The minimum Gasteiger partial charge on any atom is -0.461 e. The Morgan fingerprint density at radius 2 is 1.67 bits per heavy atom. The molecule has 0 atom stereocenters. The Morgan fingerprint density at radius 3 is 2.25 bits per heavy atom. The standard InChI is InChI=1S/C26H20ClF3N2O4/c1-3-35-25(34)24-23(27)22-19(32-24)12-13-20(36-18-10-6-16(7-11-18)26(28,29)30)21(22)15-4-8-17(9-5-15)31-14(2)33/h4-13,32H,3H2,1-2H3,(H,31,33). The fraction of sp³-hybridized carbons (Fsp3) is 0.154. The highest BCUT2D eigenvalue weighted by atomic mass is 35.5. The zero-order valence-corrected chi connectivity index (χ0v) is 19.9. The van der Waals surface area contributed by atoms with Crippen LogP contribution in [0.4, 0.5) is 18.9 Å². The Morgan fingerprint density at radius 1 is 1.00 bits per heavy atom. The highest BCUT2D eigenvalue weighted by Crippen LogP contribution is 2.44. The number of halogens is 4. The van der Waals surface area contributed by atoms with E-state index in [4.69, 9.17) is 21.1 Å². The topological polar surface area (TPSA) is 80.4 Å². The Balaban J connectivity index is 1.85. The second-order valence-electron chi connectivity index (χ2n) is 7.78. The Labute approximate surface area is 209 Å². The number of H-pyrrole nitrogens is 1. The minimum atomic E-state index is -4.47. The van der Waals surface area contributed by atoms with Crippen molar-refractivity contribution in [3.63, 3.8) is 0 Å². The third-order valence-corrected chi connectivity index (χ3v) is 5.63. The van der Waals surface area contributed by atoms with Gasteiger partial charge in [-0.15, -0.1) is 0 Å². The summed E-state index contributed by atoms with van der Waals surface area (Å²) in [6.07, 6.45) is -4.47. The molecule has 186 valence electrons. The van der Waals surface area contributed by atoms with Crippen LogP contribution in [0.5, 0.6) is 11.5 Å². The lowest BCUT2D eigenvalue weighted by molar-refractivity contribution is -0.137. The van der Waals surface area contributed by atoms with Crippen LogP contribution in [0.1, 0.15) is 29.9 Å². The number of benzene rings is 3. The summed E-state index contributed by atoms with van der Waals surface area (Å²) in [5.74, 6) is -0.388. The SMILES string of the molecule is CCOC(=O)c1[nH]c2ccc(Oc3ccc(C(F)(F)F)cc3)c(-c3ccc(NC(C)=O)cc3)c2c1Cl. The number of esters is 1. The lowest BCUT2D eigenvalue weighted by atomic mass is 9.99. The molecule has 2 N–H and O–H groups in total. The van der Waals surface area contributed by atoms with Gasteiger partial charge in [0.2, 0.25) is 5.91 Å². The van der Waals surface area contributed by atoms with E-state index in [0.717, 1.165) is 12.1 Å². The third kappa shape index (κ3) is 5.16. The van der Waals surface area contributed by atoms with Crippen molar-refractivity contribution in [1.29, 1.82) is 0 Å². The van der Waals surface area contributed by atoms with E-state index >= 15 is 0 Å². The second-order valence-corrected chi connectivity index (χ2v) is 8.16. The largest absolute Gasteiger partial charge is 0.461 e. The lowest BCUT2D eigenvalue weighted by Crippen LogP contribution is -2.05. The van der Waals surface area contributed by atoms with E-state index in [1.807, 2.05) is 0 Å². The Bertz CT molecular complexity index is 1430. The first-order valence-corrected chi connectivity index (χ1v) is 11.2. The third-order valence-electron chi connectivity index (χ3n) is 5.25. The maximum Gasteiger partial charge on any atom is 0.416 e. The molecular formula is C26H20ClF3N2O4. The van der Waals surface area contributed by atoms with Crippen LogP contribution in [0, 0.1) is 0 Å². The molecule has 0 aliphatic carbocycles. The van der Waals surface area contributed by atoms with Crippen LogP contribution in [0.3, 0.4) is 0 Å². The van der Waals surface area contributed by atoms with Crippen LogP contribution in [0.2, 0.25) is 5.02 Å². The number of rotatable bonds is 6. The molecule has 36 heavy (non-hydrogen) atoms. The first-order chi connectivity index (χ1) is 17.1. The summed E-state index contributed by atoms with van der Waals surface area (Å²) in [7, 11) is 0. The summed E-state index contributed by atoms with van der Waals surface area (Å²) >= 11 is 6.62. The maximum absolute atomic E-state index is 13.0. The van der Waals surface area contributed by atoms with Crippen LogP contribution in [-0.2, 0) is 15.7 Å². The molecule has 0 unspecified atom stereocenters. The number of ether oxygens (including phenoxy) is 2. The van der Waals surface area contributed by atoms with Gasteiger partial charge in [-0.05, 0) is 61.0 Å². The number of aromatic nitrogens is 1. The van der Waals surface area contributed by atoms with E-state index < -0.39 is 17.7 Å². The van der Waals surface area contributed by atoms with E-state index in [2.05, 4.69) is 10.3 Å². The van der Waals surface area contributed by atoms with Gasteiger partial charge in [0.25, 0.3) is 0 Å². The molecule has 0 radical (unpaired) electrons. The molecule has 3 aromatic carbocycles. The quantitative estimate of drug-likeness (QED) is 0.261. The van der Waals surface area contributed by atoms with Gasteiger partial charge in [0.05, 0.1) is 17.2 Å². The highest BCUT2D eigenvalue weighted by molar-refractivity contribution is 6.39. The second kappa shape index (κ2) is 9.94. The molecule has 1 aromatic heterocycles. The molecular weight excluding hydrogens is 497 g/mol. The molecule has 0 aliphatic heterocycles. The van der Waals surface area contributed by atoms with Crippen LogP contribution in [0.25, 0.3) is 22.0 Å². The number of carbonyl (C=O) groups is 2. The number of aromatic amines is 1. The lowest BCUT2D eigenvalue weighted by Gasteiger charge is -2.15. The molecule has 0 aliphatic rings. The van der Waals surface area contributed by atoms with Gasteiger partial charge < -0.3 is 19.8 Å². The van der Waals surface area contributed by atoms with Crippen molar-refractivity contribution in [2.24, 2.45) is 0 Å². The molecule has 4 rings (SSSR count). The number of alkyl halides is 3.